The molecule has 7 heteroatoms. The van der Waals surface area contributed by atoms with E-state index in [0.29, 0.717) is 12.4 Å². The van der Waals surface area contributed by atoms with Crippen molar-refractivity contribution in [1.29, 1.82) is 0 Å². The van der Waals surface area contributed by atoms with Gasteiger partial charge in [-0.3, -0.25) is 4.79 Å². The van der Waals surface area contributed by atoms with Crippen LogP contribution in [0.3, 0.4) is 0 Å². The predicted molar refractivity (Wildman–Crippen MR) is 69.5 cm³/mol. The quantitative estimate of drug-likeness (QED) is 0.505. The Labute approximate surface area is 108 Å². The smallest absolute Gasteiger partial charge is 0.222 e. The van der Waals surface area contributed by atoms with Crippen LogP contribution < -0.4 is 10.0 Å². The molecular weight excluding hydrogens is 264 g/mol. The fourth-order valence-electron chi connectivity index (χ4n) is 1.07. The van der Waals surface area contributed by atoms with Crippen molar-refractivity contribution in [2.24, 2.45) is 11.8 Å². The van der Waals surface area contributed by atoms with Crippen molar-refractivity contribution >= 4 is 27.5 Å². The van der Waals surface area contributed by atoms with E-state index in [1.165, 1.54) is 0 Å². The van der Waals surface area contributed by atoms with Crippen LogP contribution in [0, 0.1) is 11.8 Å². The Balaban J connectivity index is 3.85. The maximum absolute atomic E-state index is 11.5. The fourth-order valence-corrected chi connectivity index (χ4v) is 2.71. The van der Waals surface area contributed by atoms with Crippen molar-refractivity contribution in [3.8, 4) is 0 Å². The number of hydrogen-bond donors (Lipinski definition) is 2. The largest absolute Gasteiger partial charge is 0.355 e. The number of carbonyl (C=O) groups is 1. The highest BCUT2D eigenvalue weighted by Gasteiger charge is 2.14. The average molecular weight is 285 g/mol. The molecule has 0 aromatic carbocycles. The van der Waals surface area contributed by atoms with Crippen LogP contribution in [-0.4, -0.2) is 39.0 Å². The monoisotopic (exact) mass is 284 g/mol. The van der Waals surface area contributed by atoms with Crippen molar-refractivity contribution in [2.75, 3.05) is 24.7 Å². The molecule has 0 rings (SSSR count). The van der Waals surface area contributed by atoms with Crippen LogP contribution in [0.5, 0.6) is 0 Å². The van der Waals surface area contributed by atoms with Crippen molar-refractivity contribution in [2.45, 2.75) is 20.8 Å². The summed E-state index contributed by atoms with van der Waals surface area (Å²) in [5.74, 6) is 0.0558. The molecule has 0 aromatic rings. The Morgan fingerprint density at radius 1 is 1.24 bits per heavy atom. The summed E-state index contributed by atoms with van der Waals surface area (Å²) in [6, 6.07) is 0. The topological polar surface area (TPSA) is 75.3 Å². The standard InChI is InChI=1S/C10H21ClN2O3S/c1-8(2)10(14)12-4-5-13-17(15,16)7-9(3)6-11/h8-9,13H,4-7H2,1-3H3,(H,12,14). The first-order valence-corrected chi connectivity index (χ1v) is 7.78. The van der Waals surface area contributed by atoms with Gasteiger partial charge in [-0.25, -0.2) is 13.1 Å². The first-order valence-electron chi connectivity index (χ1n) is 5.59. The van der Waals surface area contributed by atoms with E-state index < -0.39 is 10.0 Å². The summed E-state index contributed by atoms with van der Waals surface area (Å²) in [7, 11) is -3.30. The van der Waals surface area contributed by atoms with E-state index >= 15 is 0 Å². The van der Waals surface area contributed by atoms with Gasteiger partial charge in [0, 0.05) is 24.9 Å². The van der Waals surface area contributed by atoms with E-state index in [4.69, 9.17) is 11.6 Å². The number of sulfonamides is 1. The molecule has 1 amide bonds. The van der Waals surface area contributed by atoms with Crippen LogP contribution in [0.1, 0.15) is 20.8 Å². The lowest BCUT2D eigenvalue weighted by Gasteiger charge is -2.11. The number of hydrogen-bond acceptors (Lipinski definition) is 3. The Kier molecular flexibility index (Phi) is 7.74. The molecule has 0 saturated carbocycles. The molecule has 0 bridgehead atoms. The third-order valence-electron chi connectivity index (χ3n) is 2.04. The number of halogens is 1. The second-order valence-electron chi connectivity index (χ2n) is 4.38. The average Bonchev–Trinajstić information content (AvgIpc) is 2.23. The van der Waals surface area contributed by atoms with Crippen LogP contribution in [0.4, 0.5) is 0 Å². The zero-order chi connectivity index (χ0) is 13.5. The van der Waals surface area contributed by atoms with Gasteiger partial charge in [-0.2, -0.15) is 0 Å². The Morgan fingerprint density at radius 3 is 2.29 bits per heavy atom. The van der Waals surface area contributed by atoms with Gasteiger partial charge in [-0.1, -0.05) is 20.8 Å². The summed E-state index contributed by atoms with van der Waals surface area (Å²) < 4.78 is 25.4. The molecule has 5 nitrogen and oxygen atoms in total. The molecule has 102 valence electrons. The number of carbonyl (C=O) groups excluding carboxylic acids is 1. The third-order valence-corrected chi connectivity index (χ3v) is 4.22. The van der Waals surface area contributed by atoms with Gasteiger partial charge in [-0.15, -0.1) is 11.6 Å². The van der Waals surface area contributed by atoms with E-state index in [1.807, 2.05) is 0 Å². The van der Waals surface area contributed by atoms with Crippen molar-refractivity contribution in [3.63, 3.8) is 0 Å². The van der Waals surface area contributed by atoms with Gasteiger partial charge in [-0.05, 0) is 5.92 Å². The van der Waals surface area contributed by atoms with E-state index in [0.717, 1.165) is 0 Å². The summed E-state index contributed by atoms with van der Waals surface area (Å²) in [6.07, 6.45) is 0. The Bertz CT molecular complexity index is 330. The van der Waals surface area contributed by atoms with Gasteiger partial charge in [0.05, 0.1) is 5.75 Å². The normalized spacial score (nSPS) is 13.7. The summed E-state index contributed by atoms with van der Waals surface area (Å²) in [4.78, 5) is 11.2. The van der Waals surface area contributed by atoms with Crippen LogP contribution in [0.2, 0.25) is 0 Å². The lowest BCUT2D eigenvalue weighted by atomic mass is 10.2. The van der Waals surface area contributed by atoms with Crippen LogP contribution in [0.25, 0.3) is 0 Å². The van der Waals surface area contributed by atoms with Gasteiger partial charge in [0.15, 0.2) is 0 Å². The maximum Gasteiger partial charge on any atom is 0.222 e. The van der Waals surface area contributed by atoms with Crippen LogP contribution in [0.15, 0.2) is 0 Å². The lowest BCUT2D eigenvalue weighted by Crippen LogP contribution is -2.38. The second-order valence-corrected chi connectivity index (χ2v) is 6.54. The number of amides is 1. The molecule has 0 radical (unpaired) electrons. The Morgan fingerprint density at radius 2 is 1.82 bits per heavy atom. The van der Waals surface area contributed by atoms with E-state index in [-0.39, 0.29) is 30.0 Å². The molecule has 0 aliphatic heterocycles. The van der Waals surface area contributed by atoms with Crippen molar-refractivity contribution in [1.82, 2.24) is 10.0 Å². The molecule has 0 aromatic heterocycles. The lowest BCUT2D eigenvalue weighted by molar-refractivity contribution is -0.123. The SMILES string of the molecule is CC(CCl)CS(=O)(=O)NCCNC(=O)C(C)C. The minimum atomic E-state index is -3.30. The fraction of sp³-hybridized carbons (Fsp3) is 0.900. The maximum atomic E-state index is 11.5. The summed E-state index contributed by atoms with van der Waals surface area (Å²) in [5, 5.41) is 2.63. The number of nitrogens with one attached hydrogen (secondary N) is 2. The van der Waals surface area contributed by atoms with Gasteiger partial charge in [0.2, 0.25) is 15.9 Å². The van der Waals surface area contributed by atoms with E-state index in [9.17, 15) is 13.2 Å². The minimum absolute atomic E-state index is 0.00856. The molecule has 0 aliphatic rings. The Hall–Kier alpha value is -0.330. The molecule has 1 unspecified atom stereocenters. The van der Waals surface area contributed by atoms with Gasteiger partial charge in [0.25, 0.3) is 0 Å². The second kappa shape index (κ2) is 7.89. The highest BCUT2D eigenvalue weighted by atomic mass is 35.5. The highest BCUT2D eigenvalue weighted by Crippen LogP contribution is 2.01. The molecule has 1 atom stereocenters. The van der Waals surface area contributed by atoms with E-state index in [2.05, 4.69) is 10.0 Å². The van der Waals surface area contributed by atoms with Gasteiger partial charge >= 0.3 is 0 Å². The van der Waals surface area contributed by atoms with Crippen LogP contribution >= 0.6 is 11.6 Å². The molecule has 0 saturated heterocycles. The summed E-state index contributed by atoms with van der Waals surface area (Å²) in [6.45, 7) is 5.83. The van der Waals surface area contributed by atoms with Crippen molar-refractivity contribution < 1.29 is 13.2 Å². The third kappa shape index (κ3) is 8.40. The first-order chi connectivity index (χ1) is 7.78. The molecular formula is C10H21ClN2O3S. The molecule has 0 aliphatic carbocycles. The van der Waals surface area contributed by atoms with Gasteiger partial charge < -0.3 is 5.32 Å². The van der Waals surface area contributed by atoms with Crippen molar-refractivity contribution in [3.05, 3.63) is 0 Å². The molecule has 17 heavy (non-hydrogen) atoms. The molecule has 0 spiro atoms. The first kappa shape index (κ1) is 16.7. The molecule has 0 heterocycles. The van der Waals surface area contributed by atoms with E-state index in [1.54, 1.807) is 20.8 Å². The molecule has 0 fully saturated rings. The number of rotatable bonds is 8. The van der Waals surface area contributed by atoms with Crippen LogP contribution in [-0.2, 0) is 14.8 Å². The predicted octanol–water partition coefficient (Wildman–Crippen LogP) is 0.553. The highest BCUT2D eigenvalue weighted by molar-refractivity contribution is 7.89. The zero-order valence-electron chi connectivity index (χ0n) is 10.5. The zero-order valence-corrected chi connectivity index (χ0v) is 12.1. The minimum Gasteiger partial charge on any atom is -0.355 e. The molecule has 2 N–H and O–H groups in total. The number of alkyl halides is 1. The summed E-state index contributed by atoms with van der Waals surface area (Å²) in [5.41, 5.74) is 0. The summed E-state index contributed by atoms with van der Waals surface area (Å²) >= 11 is 5.55. The van der Waals surface area contributed by atoms with Gasteiger partial charge in [0.1, 0.15) is 0 Å².